The minimum atomic E-state index is -0.500. The highest BCUT2D eigenvalue weighted by Gasteiger charge is 2.42. The number of anilines is 1. The first-order valence-electron chi connectivity index (χ1n) is 13.8. The van der Waals surface area contributed by atoms with Gasteiger partial charge in [0, 0.05) is 17.7 Å². The maximum Gasteiger partial charge on any atom is 0.255 e. The Bertz CT molecular complexity index is 1250. The van der Waals surface area contributed by atoms with Gasteiger partial charge in [-0.25, -0.2) is 18.7 Å². The Balaban J connectivity index is 1.51. The predicted octanol–water partition coefficient (Wildman–Crippen LogP) is 7.10. The Kier molecular flexibility index (Phi) is 7.73. The Hall–Kier alpha value is -3.35. The molecule has 1 aromatic heterocycles. The monoisotopic (exact) mass is 518 g/mol. The van der Waals surface area contributed by atoms with Crippen LogP contribution < -0.4 is 10.6 Å². The van der Waals surface area contributed by atoms with Crippen LogP contribution in [0.4, 0.5) is 14.7 Å². The quantitative estimate of drug-likeness (QED) is 0.350. The standard InChI is InChI=1S/C31H36F2N4O/c1-20-5-15-26(16-6-20)36-30-34-19-27(29(38)35-21(2)22-7-11-24(32)12-8-22)28(37-30)31(17-3-4-18-31)23-9-13-25(33)14-10-23/h7-14,19-21,26H,3-6,15-18H2,1-2H3,(H,35,38)(H,34,36,37). The SMILES string of the molecule is CC1CCC(Nc2ncc(C(=O)NC(C)c3ccc(F)cc3)c(C3(c4ccc(F)cc4)CCCC3)n2)CC1. The highest BCUT2D eigenvalue weighted by Crippen LogP contribution is 2.47. The number of aromatic nitrogens is 2. The fourth-order valence-electron chi connectivity index (χ4n) is 6.09. The van der Waals surface area contributed by atoms with E-state index in [4.69, 9.17) is 4.98 Å². The number of halogens is 2. The molecule has 2 aliphatic carbocycles. The van der Waals surface area contributed by atoms with E-state index in [-0.39, 0.29) is 23.6 Å². The highest BCUT2D eigenvalue weighted by atomic mass is 19.1. The smallest absolute Gasteiger partial charge is 0.255 e. The second-order valence-electron chi connectivity index (χ2n) is 11.1. The molecule has 0 bridgehead atoms. The summed E-state index contributed by atoms with van der Waals surface area (Å²) in [6.07, 6.45) is 9.76. The van der Waals surface area contributed by atoms with Crippen molar-refractivity contribution < 1.29 is 13.6 Å². The van der Waals surface area contributed by atoms with E-state index < -0.39 is 5.41 Å². The lowest BCUT2D eigenvalue weighted by molar-refractivity contribution is 0.0936. The Labute approximate surface area is 223 Å². The summed E-state index contributed by atoms with van der Waals surface area (Å²) in [5.41, 5.74) is 2.38. The normalized spacial score (nSPS) is 21.6. The second kappa shape index (κ2) is 11.2. The Morgan fingerprint density at radius 2 is 1.55 bits per heavy atom. The van der Waals surface area contributed by atoms with Crippen molar-refractivity contribution in [1.82, 2.24) is 15.3 Å². The third kappa shape index (κ3) is 5.57. The molecular formula is C31H36F2N4O. The van der Waals surface area contributed by atoms with Crippen LogP contribution in [-0.2, 0) is 5.41 Å². The third-order valence-corrected chi connectivity index (χ3v) is 8.41. The number of rotatable bonds is 7. The molecule has 0 saturated heterocycles. The molecule has 2 saturated carbocycles. The summed E-state index contributed by atoms with van der Waals surface area (Å²) in [4.78, 5) is 23.3. The van der Waals surface area contributed by atoms with Crippen LogP contribution in [-0.4, -0.2) is 21.9 Å². The van der Waals surface area contributed by atoms with E-state index >= 15 is 0 Å². The van der Waals surface area contributed by atoms with Crippen molar-refractivity contribution in [2.24, 2.45) is 5.92 Å². The average Bonchev–Trinajstić information content (AvgIpc) is 3.42. The van der Waals surface area contributed by atoms with E-state index in [1.54, 1.807) is 18.3 Å². The predicted molar refractivity (Wildman–Crippen MR) is 145 cm³/mol. The summed E-state index contributed by atoms with van der Waals surface area (Å²) in [6.45, 7) is 4.16. The van der Waals surface area contributed by atoms with Crippen LogP contribution in [0.25, 0.3) is 0 Å². The maximum atomic E-state index is 13.9. The van der Waals surface area contributed by atoms with Gasteiger partial charge in [-0.2, -0.15) is 0 Å². The Morgan fingerprint density at radius 1 is 0.947 bits per heavy atom. The highest BCUT2D eigenvalue weighted by molar-refractivity contribution is 5.96. The minimum Gasteiger partial charge on any atom is -0.351 e. The van der Waals surface area contributed by atoms with E-state index in [1.807, 2.05) is 19.1 Å². The topological polar surface area (TPSA) is 66.9 Å². The first-order chi connectivity index (χ1) is 18.3. The van der Waals surface area contributed by atoms with Crippen LogP contribution in [0.15, 0.2) is 54.7 Å². The van der Waals surface area contributed by atoms with Crippen LogP contribution in [0.1, 0.15) is 98.4 Å². The molecule has 0 aliphatic heterocycles. The average molecular weight is 519 g/mol. The van der Waals surface area contributed by atoms with Crippen molar-refractivity contribution in [3.8, 4) is 0 Å². The van der Waals surface area contributed by atoms with Crippen molar-refractivity contribution >= 4 is 11.9 Å². The first-order valence-corrected chi connectivity index (χ1v) is 13.8. The van der Waals surface area contributed by atoms with Crippen LogP contribution in [0, 0.1) is 17.6 Å². The van der Waals surface area contributed by atoms with Gasteiger partial charge in [0.15, 0.2) is 0 Å². The summed E-state index contributed by atoms with van der Waals surface area (Å²) in [6, 6.07) is 12.7. The van der Waals surface area contributed by atoms with Crippen LogP contribution in [0.2, 0.25) is 0 Å². The molecule has 5 nitrogen and oxygen atoms in total. The Morgan fingerprint density at radius 3 is 2.18 bits per heavy atom. The van der Waals surface area contributed by atoms with Gasteiger partial charge in [-0.3, -0.25) is 4.79 Å². The van der Waals surface area contributed by atoms with Gasteiger partial charge in [-0.15, -0.1) is 0 Å². The van der Waals surface area contributed by atoms with Gasteiger partial charge in [0.25, 0.3) is 5.91 Å². The zero-order valence-electron chi connectivity index (χ0n) is 22.1. The van der Waals surface area contributed by atoms with Crippen LogP contribution >= 0.6 is 0 Å². The van der Waals surface area contributed by atoms with E-state index in [2.05, 4.69) is 22.5 Å². The van der Waals surface area contributed by atoms with Gasteiger partial charge < -0.3 is 10.6 Å². The van der Waals surface area contributed by atoms with E-state index in [0.717, 1.165) is 55.6 Å². The van der Waals surface area contributed by atoms with Crippen molar-refractivity contribution in [3.05, 3.63) is 88.7 Å². The summed E-state index contributed by atoms with van der Waals surface area (Å²) in [5.74, 6) is 0.392. The molecule has 200 valence electrons. The van der Waals surface area contributed by atoms with Gasteiger partial charge in [0.2, 0.25) is 5.95 Å². The van der Waals surface area contributed by atoms with Crippen molar-refractivity contribution in [2.45, 2.75) is 82.7 Å². The molecule has 2 aliphatic rings. The van der Waals surface area contributed by atoms with Crippen LogP contribution in [0.5, 0.6) is 0 Å². The molecule has 1 atom stereocenters. The summed E-state index contributed by atoms with van der Waals surface area (Å²) < 4.78 is 27.3. The molecule has 7 heteroatoms. The summed E-state index contributed by atoms with van der Waals surface area (Å²) in [5, 5.41) is 6.59. The minimum absolute atomic E-state index is 0.275. The maximum absolute atomic E-state index is 13.9. The van der Waals surface area contributed by atoms with E-state index in [9.17, 15) is 13.6 Å². The lowest BCUT2D eigenvalue weighted by Crippen LogP contribution is -2.34. The fourth-order valence-corrected chi connectivity index (χ4v) is 6.09. The molecule has 2 aromatic carbocycles. The number of carbonyl (C=O) groups is 1. The van der Waals surface area contributed by atoms with E-state index in [1.165, 1.54) is 37.1 Å². The van der Waals surface area contributed by atoms with Gasteiger partial charge >= 0.3 is 0 Å². The molecule has 1 amide bonds. The summed E-state index contributed by atoms with van der Waals surface area (Å²) >= 11 is 0. The van der Waals surface area contributed by atoms with Gasteiger partial charge in [-0.1, -0.05) is 44.0 Å². The van der Waals surface area contributed by atoms with Gasteiger partial charge in [-0.05, 0) is 86.8 Å². The van der Waals surface area contributed by atoms with Gasteiger partial charge in [0.1, 0.15) is 11.6 Å². The number of amides is 1. The lowest BCUT2D eigenvalue weighted by Gasteiger charge is -2.32. The third-order valence-electron chi connectivity index (χ3n) is 8.41. The number of hydrogen-bond acceptors (Lipinski definition) is 4. The molecule has 3 aromatic rings. The number of nitrogens with zero attached hydrogens (tertiary/aromatic N) is 2. The molecular weight excluding hydrogens is 482 g/mol. The second-order valence-corrected chi connectivity index (χ2v) is 11.1. The van der Waals surface area contributed by atoms with Crippen molar-refractivity contribution in [2.75, 3.05) is 5.32 Å². The first kappa shape index (κ1) is 26.3. The summed E-state index contributed by atoms with van der Waals surface area (Å²) in [7, 11) is 0. The molecule has 38 heavy (non-hydrogen) atoms. The van der Waals surface area contributed by atoms with E-state index in [0.29, 0.717) is 23.2 Å². The molecule has 2 fully saturated rings. The molecule has 0 radical (unpaired) electrons. The zero-order valence-corrected chi connectivity index (χ0v) is 22.1. The van der Waals surface area contributed by atoms with Crippen molar-refractivity contribution in [1.29, 1.82) is 0 Å². The van der Waals surface area contributed by atoms with Gasteiger partial charge in [0.05, 0.1) is 17.3 Å². The zero-order chi connectivity index (χ0) is 26.7. The van der Waals surface area contributed by atoms with Crippen LogP contribution in [0.3, 0.4) is 0 Å². The number of benzene rings is 2. The van der Waals surface area contributed by atoms with Crippen molar-refractivity contribution in [3.63, 3.8) is 0 Å². The molecule has 2 N–H and O–H groups in total. The largest absolute Gasteiger partial charge is 0.351 e. The molecule has 0 spiro atoms. The fraction of sp³-hybridized carbons (Fsp3) is 0.452. The number of carbonyl (C=O) groups excluding carboxylic acids is 1. The number of nitrogens with one attached hydrogen (secondary N) is 2. The molecule has 5 rings (SSSR count). The molecule has 1 heterocycles. The number of hydrogen-bond donors (Lipinski definition) is 2. The molecule has 1 unspecified atom stereocenters. The lowest BCUT2D eigenvalue weighted by atomic mass is 9.74.